The van der Waals surface area contributed by atoms with Gasteiger partial charge < -0.3 is 9.47 Å². The molecule has 2 heterocycles. The molecule has 0 atom stereocenters. The van der Waals surface area contributed by atoms with Gasteiger partial charge in [0.1, 0.15) is 4.91 Å². The van der Waals surface area contributed by atoms with Gasteiger partial charge in [0.05, 0.1) is 52.6 Å². The summed E-state index contributed by atoms with van der Waals surface area (Å²) in [6.45, 7) is 4.49. The zero-order valence-electron chi connectivity index (χ0n) is 9.04. The van der Waals surface area contributed by atoms with Crippen LogP contribution in [-0.2, 0) is 19.4 Å². The van der Waals surface area contributed by atoms with E-state index in [9.17, 15) is 4.91 Å². The third-order valence-corrected chi connectivity index (χ3v) is 2.30. The van der Waals surface area contributed by atoms with Crippen LogP contribution < -0.4 is 0 Å². The van der Waals surface area contributed by atoms with Gasteiger partial charge >= 0.3 is 5.09 Å². The molecule has 16 heavy (non-hydrogen) atoms. The monoisotopic (exact) mass is 234 g/mol. The van der Waals surface area contributed by atoms with Crippen LogP contribution in [0.4, 0.5) is 0 Å². The van der Waals surface area contributed by atoms with Crippen molar-refractivity contribution in [1.82, 2.24) is 10.1 Å². The SMILES string of the molecule is O=[N+](ON1CCOCC1)ON1CCOCC1. The van der Waals surface area contributed by atoms with Gasteiger partial charge in [-0.2, -0.15) is 0 Å². The molecule has 2 aliphatic rings. The maximum atomic E-state index is 11.3. The van der Waals surface area contributed by atoms with E-state index in [2.05, 4.69) is 0 Å². The lowest BCUT2D eigenvalue weighted by Gasteiger charge is -2.21. The summed E-state index contributed by atoms with van der Waals surface area (Å²) in [4.78, 5) is 21.1. The molecule has 0 aromatic heterocycles. The van der Waals surface area contributed by atoms with E-state index in [0.29, 0.717) is 52.6 Å². The minimum absolute atomic E-state index is 0.122. The van der Waals surface area contributed by atoms with Crippen molar-refractivity contribution in [1.29, 1.82) is 0 Å². The predicted octanol–water partition coefficient (Wildman–Crippen LogP) is -0.877. The highest BCUT2D eigenvalue weighted by molar-refractivity contribution is 4.50. The first-order valence-electron chi connectivity index (χ1n) is 5.33. The number of rotatable bonds is 4. The highest BCUT2D eigenvalue weighted by Crippen LogP contribution is 2.02. The molecule has 2 saturated heterocycles. The minimum atomic E-state index is 0.122. The van der Waals surface area contributed by atoms with Gasteiger partial charge in [0.15, 0.2) is 0 Å². The topological polar surface area (TPSA) is 63.5 Å². The Bertz CT molecular complexity index is 206. The fraction of sp³-hybridized carbons (Fsp3) is 1.00. The molecule has 2 rings (SSSR count). The van der Waals surface area contributed by atoms with E-state index in [-0.39, 0.29) is 5.09 Å². The van der Waals surface area contributed by atoms with Crippen LogP contribution in [0, 0.1) is 4.91 Å². The van der Waals surface area contributed by atoms with Crippen molar-refractivity contribution in [3.63, 3.8) is 0 Å². The van der Waals surface area contributed by atoms with E-state index in [0.717, 1.165) is 0 Å². The standard InChI is InChI=1S/C8H16N3O5/c12-11(15-9-1-5-13-6-2-9)16-10-3-7-14-8-4-10/h1-8H2/q+1. The number of hydrogen-bond donors (Lipinski definition) is 0. The van der Waals surface area contributed by atoms with E-state index in [1.807, 2.05) is 0 Å². The third kappa shape index (κ3) is 3.56. The Balaban J connectivity index is 1.66. The molecule has 0 spiro atoms. The molecule has 92 valence electrons. The van der Waals surface area contributed by atoms with Gasteiger partial charge in [-0.05, 0) is 0 Å². The number of ether oxygens (including phenoxy) is 2. The summed E-state index contributed by atoms with van der Waals surface area (Å²) in [7, 11) is 0. The number of morpholine rings is 2. The van der Waals surface area contributed by atoms with Gasteiger partial charge in [-0.15, -0.1) is 0 Å². The molecule has 0 unspecified atom stereocenters. The smallest absolute Gasteiger partial charge is 0.379 e. The first-order chi connectivity index (χ1) is 7.84. The average molecular weight is 234 g/mol. The van der Waals surface area contributed by atoms with Crippen LogP contribution in [0.15, 0.2) is 0 Å². The summed E-state index contributed by atoms with van der Waals surface area (Å²) in [5, 5.41) is 3.14. The van der Waals surface area contributed by atoms with E-state index in [1.165, 1.54) is 10.1 Å². The Hall–Kier alpha value is -0.960. The second-order valence-corrected chi connectivity index (χ2v) is 3.47. The molecular weight excluding hydrogens is 218 g/mol. The maximum absolute atomic E-state index is 11.3. The molecule has 8 heteroatoms. The summed E-state index contributed by atoms with van der Waals surface area (Å²) in [6.07, 6.45) is 0. The second-order valence-electron chi connectivity index (χ2n) is 3.47. The van der Waals surface area contributed by atoms with Crippen LogP contribution in [0.2, 0.25) is 0 Å². The molecule has 0 aliphatic carbocycles. The lowest BCUT2D eigenvalue weighted by molar-refractivity contribution is -1.04. The maximum Gasteiger partial charge on any atom is 0.519 e. The van der Waals surface area contributed by atoms with Gasteiger partial charge in [0, 0.05) is 0 Å². The van der Waals surface area contributed by atoms with E-state index in [1.54, 1.807) is 0 Å². The Kier molecular flexibility index (Phi) is 4.28. The Morgan fingerprint density at radius 3 is 1.56 bits per heavy atom. The number of nitrogens with zero attached hydrogens (tertiary/aromatic N) is 3. The lowest BCUT2D eigenvalue weighted by atomic mass is 10.5. The van der Waals surface area contributed by atoms with Gasteiger partial charge in [0.2, 0.25) is 0 Å². The van der Waals surface area contributed by atoms with Crippen molar-refractivity contribution >= 4 is 0 Å². The molecular formula is C8H16N3O5+. The van der Waals surface area contributed by atoms with Crippen LogP contribution in [0.3, 0.4) is 0 Å². The largest absolute Gasteiger partial charge is 0.519 e. The van der Waals surface area contributed by atoms with Crippen LogP contribution in [0.25, 0.3) is 0 Å². The molecule has 0 N–H and O–H groups in total. The van der Waals surface area contributed by atoms with Crippen LogP contribution in [-0.4, -0.2) is 67.8 Å². The normalized spacial score (nSPS) is 24.0. The van der Waals surface area contributed by atoms with E-state index in [4.69, 9.17) is 19.4 Å². The Morgan fingerprint density at radius 2 is 1.19 bits per heavy atom. The van der Waals surface area contributed by atoms with Crippen molar-refractivity contribution in [2.24, 2.45) is 0 Å². The van der Waals surface area contributed by atoms with Gasteiger partial charge in [-0.1, -0.05) is 20.0 Å². The van der Waals surface area contributed by atoms with E-state index >= 15 is 0 Å². The zero-order valence-corrected chi connectivity index (χ0v) is 9.04. The van der Waals surface area contributed by atoms with Crippen molar-refractivity contribution < 1.29 is 24.4 Å². The third-order valence-electron chi connectivity index (χ3n) is 2.30. The highest BCUT2D eigenvalue weighted by atomic mass is 17.1. The van der Waals surface area contributed by atoms with Gasteiger partial charge in [-0.3, -0.25) is 0 Å². The molecule has 0 saturated carbocycles. The van der Waals surface area contributed by atoms with Crippen LogP contribution in [0.1, 0.15) is 0 Å². The molecule has 0 aromatic carbocycles. The molecule has 8 nitrogen and oxygen atoms in total. The first kappa shape index (κ1) is 11.5. The summed E-state index contributed by atoms with van der Waals surface area (Å²) in [5.41, 5.74) is 0. The van der Waals surface area contributed by atoms with Gasteiger partial charge in [0.25, 0.3) is 0 Å². The van der Waals surface area contributed by atoms with E-state index < -0.39 is 0 Å². The molecule has 0 aromatic rings. The average Bonchev–Trinajstić information content (AvgIpc) is 2.31. The Morgan fingerprint density at radius 1 is 0.812 bits per heavy atom. The minimum Gasteiger partial charge on any atom is -0.379 e. The van der Waals surface area contributed by atoms with Crippen molar-refractivity contribution in [3.05, 3.63) is 4.91 Å². The fourth-order valence-corrected chi connectivity index (χ4v) is 1.46. The second kappa shape index (κ2) is 5.94. The lowest BCUT2D eigenvalue weighted by Crippen LogP contribution is -2.43. The quantitative estimate of drug-likeness (QED) is 0.585. The molecule has 2 fully saturated rings. The number of hydroxylamine groups is 4. The summed E-state index contributed by atoms with van der Waals surface area (Å²) >= 11 is 0. The summed E-state index contributed by atoms with van der Waals surface area (Å²) in [6, 6.07) is 0. The van der Waals surface area contributed by atoms with Crippen molar-refractivity contribution in [3.8, 4) is 0 Å². The van der Waals surface area contributed by atoms with Crippen molar-refractivity contribution in [2.75, 3.05) is 52.6 Å². The highest BCUT2D eigenvalue weighted by Gasteiger charge is 2.27. The molecule has 0 amide bonds. The zero-order chi connectivity index (χ0) is 11.2. The first-order valence-corrected chi connectivity index (χ1v) is 5.33. The summed E-state index contributed by atoms with van der Waals surface area (Å²) in [5.74, 6) is 0. The fourth-order valence-electron chi connectivity index (χ4n) is 1.46. The van der Waals surface area contributed by atoms with Crippen LogP contribution >= 0.6 is 0 Å². The van der Waals surface area contributed by atoms with Gasteiger partial charge in [-0.25, -0.2) is 0 Å². The van der Waals surface area contributed by atoms with Crippen molar-refractivity contribution in [2.45, 2.75) is 0 Å². The molecule has 0 radical (unpaired) electrons. The Labute approximate surface area is 93.0 Å². The van der Waals surface area contributed by atoms with Crippen LogP contribution in [0.5, 0.6) is 0 Å². The molecule has 2 aliphatic heterocycles. The molecule has 0 bridgehead atoms. The number of hydrogen-bond acceptors (Lipinski definition) is 7. The summed E-state index contributed by atoms with van der Waals surface area (Å²) < 4.78 is 10.2. The predicted molar refractivity (Wildman–Crippen MR) is 50.6 cm³/mol.